The Morgan fingerprint density at radius 3 is 2.72 bits per heavy atom. The Morgan fingerprint density at radius 2 is 2.07 bits per heavy atom. The second-order valence-electron chi connectivity index (χ2n) is 8.10. The number of rotatable bonds is 5. The first-order valence-corrected chi connectivity index (χ1v) is 11.3. The highest BCUT2D eigenvalue weighted by molar-refractivity contribution is 7.99. The van der Waals surface area contributed by atoms with Crippen molar-refractivity contribution >= 4 is 29.5 Å². The molecule has 2 heterocycles. The van der Waals surface area contributed by atoms with E-state index in [1.807, 2.05) is 0 Å². The van der Waals surface area contributed by atoms with E-state index in [0.29, 0.717) is 23.3 Å². The fourth-order valence-corrected chi connectivity index (χ4v) is 5.53. The third-order valence-corrected chi connectivity index (χ3v) is 7.40. The van der Waals surface area contributed by atoms with Crippen molar-refractivity contribution in [3.63, 3.8) is 0 Å². The second-order valence-corrected chi connectivity index (χ2v) is 9.22. The lowest BCUT2D eigenvalue weighted by Crippen LogP contribution is -2.49. The molecule has 1 aliphatic heterocycles. The number of hydrogen-bond donors (Lipinski definition) is 1. The first-order chi connectivity index (χ1) is 13.8. The molecule has 2 aliphatic rings. The van der Waals surface area contributed by atoms with Gasteiger partial charge in [0.05, 0.1) is 6.26 Å². The standard InChI is InChI=1S/C21H30N2O5S/c1-12-7-5-8-16(13(12)2)22-19(25)14(3)28-21(26)17-11-29-20(23(17)15(4)24)18-9-6-10-27-18/h6,9-10,12-14,16-17,20H,5,7-8,11H2,1-4H3,(H,22,25)/t12-,13-,14-,16+,17+,20-/m1/s1. The number of carbonyl (C=O) groups excluding carboxylic acids is 3. The van der Waals surface area contributed by atoms with Gasteiger partial charge in [-0.1, -0.05) is 26.7 Å². The predicted molar refractivity (Wildman–Crippen MR) is 110 cm³/mol. The van der Waals surface area contributed by atoms with Crippen LogP contribution in [0.5, 0.6) is 0 Å². The van der Waals surface area contributed by atoms with Gasteiger partial charge >= 0.3 is 5.97 Å². The summed E-state index contributed by atoms with van der Waals surface area (Å²) in [5.74, 6) is 0.887. The molecule has 0 aromatic carbocycles. The molecule has 8 heteroatoms. The van der Waals surface area contributed by atoms with Gasteiger partial charge in [-0.2, -0.15) is 0 Å². The minimum absolute atomic E-state index is 0.103. The third kappa shape index (κ3) is 4.79. The van der Waals surface area contributed by atoms with Gasteiger partial charge in [-0.25, -0.2) is 4.79 Å². The molecule has 6 atom stereocenters. The lowest BCUT2D eigenvalue weighted by atomic mass is 9.78. The average molecular weight is 423 g/mol. The Balaban J connectivity index is 1.60. The molecule has 0 radical (unpaired) electrons. The molecule has 0 bridgehead atoms. The molecule has 1 aromatic rings. The van der Waals surface area contributed by atoms with Gasteiger partial charge in [0.25, 0.3) is 5.91 Å². The lowest BCUT2D eigenvalue weighted by molar-refractivity contribution is -0.161. The quantitative estimate of drug-likeness (QED) is 0.734. The average Bonchev–Trinajstić information content (AvgIpc) is 3.34. The molecule has 1 aliphatic carbocycles. The molecule has 1 saturated heterocycles. The van der Waals surface area contributed by atoms with Crippen LogP contribution >= 0.6 is 11.8 Å². The molecule has 3 rings (SSSR count). The maximum absolute atomic E-state index is 12.8. The highest BCUT2D eigenvalue weighted by atomic mass is 32.2. The molecular weight excluding hydrogens is 392 g/mol. The summed E-state index contributed by atoms with van der Waals surface area (Å²) in [7, 11) is 0. The number of furan rings is 1. The van der Waals surface area contributed by atoms with Crippen LogP contribution in [-0.2, 0) is 19.1 Å². The van der Waals surface area contributed by atoms with Crippen LogP contribution in [0.15, 0.2) is 22.8 Å². The monoisotopic (exact) mass is 422 g/mol. The molecular formula is C21H30N2O5S. The van der Waals surface area contributed by atoms with Crippen molar-refractivity contribution in [2.45, 2.75) is 70.5 Å². The SMILES string of the molecule is CC(=O)N1[C@@H](c2ccco2)SC[C@H]1C(=O)O[C@H](C)C(=O)N[C@H]1CCC[C@@H](C)[C@H]1C. The van der Waals surface area contributed by atoms with Crippen molar-refractivity contribution in [1.82, 2.24) is 10.2 Å². The Morgan fingerprint density at radius 1 is 1.31 bits per heavy atom. The molecule has 1 N–H and O–H groups in total. The first kappa shape index (κ1) is 21.7. The van der Waals surface area contributed by atoms with Gasteiger partial charge < -0.3 is 19.4 Å². The van der Waals surface area contributed by atoms with Crippen molar-refractivity contribution in [3.05, 3.63) is 24.2 Å². The van der Waals surface area contributed by atoms with Gasteiger partial charge in [0.2, 0.25) is 5.91 Å². The topological polar surface area (TPSA) is 88.8 Å². The van der Waals surface area contributed by atoms with Crippen molar-refractivity contribution in [1.29, 1.82) is 0 Å². The van der Waals surface area contributed by atoms with Crippen LogP contribution in [0.4, 0.5) is 0 Å². The summed E-state index contributed by atoms with van der Waals surface area (Å²) in [5.41, 5.74) is 0. The fourth-order valence-electron chi connectivity index (χ4n) is 4.12. The Hall–Kier alpha value is -1.96. The number of amides is 2. The molecule has 1 aromatic heterocycles. The third-order valence-electron chi connectivity index (χ3n) is 6.12. The Kier molecular flexibility index (Phi) is 6.93. The zero-order valence-corrected chi connectivity index (χ0v) is 18.2. The molecule has 0 spiro atoms. The lowest BCUT2D eigenvalue weighted by Gasteiger charge is -2.35. The van der Waals surface area contributed by atoms with E-state index in [1.165, 1.54) is 30.0 Å². The maximum atomic E-state index is 12.8. The van der Waals surface area contributed by atoms with Crippen molar-refractivity contribution in [3.8, 4) is 0 Å². The van der Waals surface area contributed by atoms with Gasteiger partial charge in [-0.05, 0) is 37.3 Å². The van der Waals surface area contributed by atoms with Gasteiger partial charge in [0.15, 0.2) is 6.10 Å². The Labute approximate surface area is 175 Å². The number of carbonyl (C=O) groups is 3. The van der Waals surface area contributed by atoms with Gasteiger partial charge in [-0.3, -0.25) is 9.59 Å². The normalized spacial score (nSPS) is 30.6. The Bertz CT molecular complexity index is 737. The summed E-state index contributed by atoms with van der Waals surface area (Å²) >= 11 is 1.45. The maximum Gasteiger partial charge on any atom is 0.330 e. The van der Waals surface area contributed by atoms with Crippen LogP contribution in [0.3, 0.4) is 0 Å². The summed E-state index contributed by atoms with van der Waals surface area (Å²) in [4.78, 5) is 39.0. The minimum Gasteiger partial charge on any atom is -0.466 e. The molecule has 29 heavy (non-hydrogen) atoms. The number of ether oxygens (including phenoxy) is 1. The smallest absolute Gasteiger partial charge is 0.330 e. The minimum atomic E-state index is -0.909. The van der Waals surface area contributed by atoms with E-state index in [-0.39, 0.29) is 23.2 Å². The molecule has 1 saturated carbocycles. The number of nitrogens with zero attached hydrogens (tertiary/aromatic N) is 1. The summed E-state index contributed by atoms with van der Waals surface area (Å²) < 4.78 is 10.9. The van der Waals surface area contributed by atoms with Crippen LogP contribution in [0.25, 0.3) is 0 Å². The van der Waals surface area contributed by atoms with Crippen LogP contribution < -0.4 is 5.32 Å². The highest BCUT2D eigenvalue weighted by Crippen LogP contribution is 2.42. The van der Waals surface area contributed by atoms with Crippen LogP contribution in [0.1, 0.15) is 58.1 Å². The second kappa shape index (κ2) is 9.24. The van der Waals surface area contributed by atoms with E-state index >= 15 is 0 Å². The van der Waals surface area contributed by atoms with Crippen LogP contribution in [-0.4, -0.2) is 46.6 Å². The van der Waals surface area contributed by atoms with Crippen molar-refractivity contribution in [2.75, 3.05) is 5.75 Å². The predicted octanol–water partition coefficient (Wildman–Crippen LogP) is 3.11. The summed E-state index contributed by atoms with van der Waals surface area (Å²) in [6.45, 7) is 7.36. The zero-order valence-electron chi connectivity index (χ0n) is 17.4. The van der Waals surface area contributed by atoms with Crippen LogP contribution in [0.2, 0.25) is 0 Å². The van der Waals surface area contributed by atoms with E-state index in [4.69, 9.17) is 9.15 Å². The van der Waals surface area contributed by atoms with Gasteiger partial charge in [0.1, 0.15) is 17.2 Å². The number of thioether (sulfide) groups is 1. The molecule has 7 nitrogen and oxygen atoms in total. The highest BCUT2D eigenvalue weighted by Gasteiger charge is 2.44. The van der Waals surface area contributed by atoms with E-state index in [9.17, 15) is 14.4 Å². The van der Waals surface area contributed by atoms with Crippen LogP contribution in [0, 0.1) is 11.8 Å². The zero-order chi connectivity index (χ0) is 21.1. The van der Waals surface area contributed by atoms with E-state index in [1.54, 1.807) is 25.3 Å². The molecule has 2 fully saturated rings. The van der Waals surface area contributed by atoms with E-state index < -0.39 is 18.1 Å². The van der Waals surface area contributed by atoms with Gasteiger partial charge in [0, 0.05) is 18.7 Å². The number of hydrogen-bond acceptors (Lipinski definition) is 6. The summed E-state index contributed by atoms with van der Waals surface area (Å²) in [5, 5.41) is 2.68. The van der Waals surface area contributed by atoms with Crippen molar-refractivity contribution in [2.24, 2.45) is 11.8 Å². The molecule has 2 amide bonds. The number of esters is 1. The van der Waals surface area contributed by atoms with Crippen molar-refractivity contribution < 1.29 is 23.5 Å². The molecule has 0 unspecified atom stereocenters. The largest absolute Gasteiger partial charge is 0.466 e. The fraction of sp³-hybridized carbons (Fsp3) is 0.667. The van der Waals surface area contributed by atoms with Gasteiger partial charge in [-0.15, -0.1) is 11.8 Å². The molecule has 160 valence electrons. The first-order valence-electron chi connectivity index (χ1n) is 10.2. The summed E-state index contributed by atoms with van der Waals surface area (Å²) in [6, 6.07) is 2.89. The van der Waals surface area contributed by atoms with E-state index in [2.05, 4.69) is 19.2 Å². The summed E-state index contributed by atoms with van der Waals surface area (Å²) in [6.07, 6.45) is 3.84. The number of nitrogens with one attached hydrogen (secondary N) is 1. The van der Waals surface area contributed by atoms with E-state index in [0.717, 1.165) is 12.8 Å².